The van der Waals surface area contributed by atoms with E-state index in [1.807, 2.05) is 29.2 Å². The second-order valence-electron chi connectivity index (χ2n) is 5.31. The molecule has 2 atom stereocenters. The molecule has 1 fully saturated rings. The van der Waals surface area contributed by atoms with E-state index in [0.29, 0.717) is 17.4 Å². The first-order valence-electron chi connectivity index (χ1n) is 7.08. The number of hydrogen-bond acceptors (Lipinski definition) is 5. The van der Waals surface area contributed by atoms with Crippen molar-refractivity contribution in [2.24, 2.45) is 0 Å². The van der Waals surface area contributed by atoms with Gasteiger partial charge in [-0.1, -0.05) is 17.3 Å². The molecule has 1 saturated heterocycles. The maximum Gasteiger partial charge on any atom is 0.254 e. The van der Waals surface area contributed by atoms with Crippen LogP contribution in [0.4, 0.5) is 0 Å². The molecule has 0 radical (unpaired) electrons. The number of hydrogen-bond donors (Lipinski definition) is 1. The lowest BCUT2D eigenvalue weighted by Crippen LogP contribution is -2.57. The van der Waals surface area contributed by atoms with Crippen LogP contribution in [0.15, 0.2) is 35.2 Å². The number of halogens is 1. The first kappa shape index (κ1) is 16.5. The van der Waals surface area contributed by atoms with Gasteiger partial charge < -0.3 is 14.7 Å². The molecule has 118 valence electrons. The Hall–Kier alpha value is -1.92. The molecule has 1 amide bonds. The molecule has 2 aromatic rings. The number of benzene rings is 1. The normalized spacial score (nSPS) is 21.3. The fourth-order valence-corrected chi connectivity index (χ4v) is 2.57. The number of aromatic nitrogens is 2. The maximum absolute atomic E-state index is 12.6. The van der Waals surface area contributed by atoms with E-state index in [-0.39, 0.29) is 24.4 Å². The average Bonchev–Trinajstić information content (AvgIpc) is 3.04. The van der Waals surface area contributed by atoms with Crippen LogP contribution in [0.1, 0.15) is 24.2 Å². The van der Waals surface area contributed by atoms with Crippen molar-refractivity contribution in [3.8, 4) is 11.4 Å². The minimum atomic E-state index is 0. The second kappa shape index (κ2) is 6.89. The van der Waals surface area contributed by atoms with Gasteiger partial charge in [0.05, 0.1) is 0 Å². The molecular formula is C15H19ClN4O2. The van der Waals surface area contributed by atoms with Crippen LogP contribution in [0, 0.1) is 0 Å². The summed E-state index contributed by atoms with van der Waals surface area (Å²) in [7, 11) is 0. The smallest absolute Gasteiger partial charge is 0.254 e. The quantitative estimate of drug-likeness (QED) is 0.915. The van der Waals surface area contributed by atoms with Gasteiger partial charge in [0.25, 0.3) is 5.91 Å². The van der Waals surface area contributed by atoms with Crippen molar-refractivity contribution in [3.05, 3.63) is 36.2 Å². The van der Waals surface area contributed by atoms with Crippen LogP contribution >= 0.6 is 12.4 Å². The molecule has 1 aliphatic heterocycles. The molecule has 1 aromatic heterocycles. The van der Waals surface area contributed by atoms with Crippen molar-refractivity contribution in [1.82, 2.24) is 20.4 Å². The Labute approximate surface area is 135 Å². The summed E-state index contributed by atoms with van der Waals surface area (Å²) >= 11 is 0. The number of carbonyl (C=O) groups is 1. The number of rotatable bonds is 2. The lowest BCUT2D eigenvalue weighted by atomic mass is 10.0. The third-order valence-corrected chi connectivity index (χ3v) is 4.05. The lowest BCUT2D eigenvalue weighted by Gasteiger charge is -2.38. The van der Waals surface area contributed by atoms with Gasteiger partial charge in [0.1, 0.15) is 0 Å². The molecule has 1 aromatic carbocycles. The molecule has 0 aliphatic carbocycles. The molecule has 1 aliphatic rings. The molecule has 6 nitrogen and oxygen atoms in total. The highest BCUT2D eigenvalue weighted by Crippen LogP contribution is 2.18. The SMILES string of the molecule is CC1NCCN(C(=O)c2ccc(-c3ncon3)cc2)C1C.Cl. The molecule has 0 spiro atoms. The van der Waals surface area contributed by atoms with Crippen LogP contribution < -0.4 is 5.32 Å². The summed E-state index contributed by atoms with van der Waals surface area (Å²) in [6.45, 7) is 5.74. The highest BCUT2D eigenvalue weighted by atomic mass is 35.5. The highest BCUT2D eigenvalue weighted by molar-refractivity contribution is 5.95. The number of amides is 1. The van der Waals surface area contributed by atoms with Crippen LogP contribution in [0.2, 0.25) is 0 Å². The minimum Gasteiger partial charge on any atom is -0.342 e. The van der Waals surface area contributed by atoms with Gasteiger partial charge in [-0.2, -0.15) is 4.98 Å². The van der Waals surface area contributed by atoms with E-state index in [9.17, 15) is 4.79 Å². The largest absolute Gasteiger partial charge is 0.342 e. The average molecular weight is 323 g/mol. The molecule has 0 bridgehead atoms. The van der Waals surface area contributed by atoms with E-state index in [2.05, 4.69) is 29.3 Å². The van der Waals surface area contributed by atoms with Crippen molar-refractivity contribution in [1.29, 1.82) is 0 Å². The maximum atomic E-state index is 12.6. The molecule has 0 saturated carbocycles. The van der Waals surface area contributed by atoms with Gasteiger partial charge in [-0.05, 0) is 26.0 Å². The van der Waals surface area contributed by atoms with Gasteiger partial charge in [-0.15, -0.1) is 12.4 Å². The number of piperazine rings is 1. The van der Waals surface area contributed by atoms with E-state index < -0.39 is 0 Å². The Morgan fingerprint density at radius 2 is 2.05 bits per heavy atom. The summed E-state index contributed by atoms with van der Waals surface area (Å²) in [6, 6.07) is 7.80. The van der Waals surface area contributed by atoms with Gasteiger partial charge in [0.15, 0.2) is 0 Å². The van der Waals surface area contributed by atoms with E-state index in [4.69, 9.17) is 4.52 Å². The number of nitrogens with one attached hydrogen (secondary N) is 1. The molecule has 2 unspecified atom stereocenters. The minimum absolute atomic E-state index is 0. The zero-order chi connectivity index (χ0) is 14.8. The third-order valence-electron chi connectivity index (χ3n) is 4.05. The van der Waals surface area contributed by atoms with Gasteiger partial charge >= 0.3 is 0 Å². The van der Waals surface area contributed by atoms with Crippen molar-refractivity contribution in [2.45, 2.75) is 25.9 Å². The number of nitrogens with zero attached hydrogens (tertiary/aromatic N) is 3. The van der Waals surface area contributed by atoms with E-state index in [0.717, 1.165) is 18.7 Å². The van der Waals surface area contributed by atoms with Crippen LogP contribution in [0.3, 0.4) is 0 Å². The second-order valence-corrected chi connectivity index (χ2v) is 5.31. The topological polar surface area (TPSA) is 71.3 Å². The monoisotopic (exact) mass is 322 g/mol. The Kier molecular flexibility index (Phi) is 5.15. The van der Waals surface area contributed by atoms with Crippen molar-refractivity contribution < 1.29 is 9.32 Å². The standard InChI is InChI=1S/C15H18N4O2.ClH/c1-10-11(2)19(8-7-16-10)15(20)13-5-3-12(4-6-13)14-17-9-21-18-14;/h3-6,9-11,16H,7-8H2,1-2H3;1H. The lowest BCUT2D eigenvalue weighted by molar-refractivity contribution is 0.0603. The third kappa shape index (κ3) is 3.13. The van der Waals surface area contributed by atoms with Crippen LogP contribution in [-0.2, 0) is 0 Å². The van der Waals surface area contributed by atoms with Gasteiger partial charge in [-0.25, -0.2) is 0 Å². The number of carbonyl (C=O) groups excluding carboxylic acids is 1. The summed E-state index contributed by atoms with van der Waals surface area (Å²) in [5.74, 6) is 0.591. The summed E-state index contributed by atoms with van der Waals surface area (Å²) < 4.78 is 4.72. The molecule has 7 heteroatoms. The Morgan fingerprint density at radius 3 is 2.68 bits per heavy atom. The fourth-order valence-electron chi connectivity index (χ4n) is 2.57. The van der Waals surface area contributed by atoms with Crippen molar-refractivity contribution >= 4 is 18.3 Å². The Bertz CT molecular complexity index is 615. The first-order chi connectivity index (χ1) is 10.2. The molecular weight excluding hydrogens is 304 g/mol. The van der Waals surface area contributed by atoms with Crippen LogP contribution in [0.5, 0.6) is 0 Å². The molecule has 2 heterocycles. The van der Waals surface area contributed by atoms with Crippen LogP contribution in [-0.4, -0.2) is 46.1 Å². The van der Waals surface area contributed by atoms with Crippen LogP contribution in [0.25, 0.3) is 11.4 Å². The zero-order valence-corrected chi connectivity index (χ0v) is 13.3. The van der Waals surface area contributed by atoms with Crippen molar-refractivity contribution in [2.75, 3.05) is 13.1 Å². The summed E-state index contributed by atoms with van der Waals surface area (Å²) in [6.07, 6.45) is 1.29. The van der Waals surface area contributed by atoms with Gasteiger partial charge in [0.2, 0.25) is 12.2 Å². The van der Waals surface area contributed by atoms with E-state index in [1.54, 1.807) is 0 Å². The molecule has 3 rings (SSSR count). The fraction of sp³-hybridized carbons (Fsp3) is 0.400. The predicted octanol–water partition coefficient (Wildman–Crippen LogP) is 1.98. The highest BCUT2D eigenvalue weighted by Gasteiger charge is 2.28. The van der Waals surface area contributed by atoms with Gasteiger partial charge in [0, 0.05) is 36.3 Å². The van der Waals surface area contributed by atoms with E-state index >= 15 is 0 Å². The predicted molar refractivity (Wildman–Crippen MR) is 84.9 cm³/mol. The molecule has 22 heavy (non-hydrogen) atoms. The Morgan fingerprint density at radius 1 is 1.32 bits per heavy atom. The summed E-state index contributed by atoms with van der Waals surface area (Å²) in [4.78, 5) is 18.5. The van der Waals surface area contributed by atoms with Gasteiger partial charge in [-0.3, -0.25) is 4.79 Å². The zero-order valence-electron chi connectivity index (χ0n) is 12.5. The summed E-state index contributed by atoms with van der Waals surface area (Å²) in [5, 5.41) is 7.16. The summed E-state index contributed by atoms with van der Waals surface area (Å²) in [5.41, 5.74) is 1.52. The Balaban J connectivity index is 0.00000176. The first-order valence-corrected chi connectivity index (χ1v) is 7.08. The van der Waals surface area contributed by atoms with Crippen molar-refractivity contribution in [3.63, 3.8) is 0 Å². The van der Waals surface area contributed by atoms with E-state index in [1.165, 1.54) is 6.39 Å². The molecule has 1 N–H and O–H groups in total.